The van der Waals surface area contributed by atoms with Crippen molar-refractivity contribution in [3.8, 4) is 0 Å². The number of hydrogen-bond donors (Lipinski definition) is 5. The van der Waals surface area contributed by atoms with Crippen molar-refractivity contribution < 1.29 is 34.2 Å². The molecule has 0 bridgehead atoms. The fourth-order valence-corrected chi connectivity index (χ4v) is 4.53. The molecular weight excluding hydrogens is 456 g/mol. The summed E-state index contributed by atoms with van der Waals surface area (Å²) in [5.41, 5.74) is 0.852. The van der Waals surface area contributed by atoms with Gasteiger partial charge in [0, 0.05) is 19.4 Å². The fourth-order valence-electron chi connectivity index (χ4n) is 4.53. The Morgan fingerprint density at radius 1 is 0.971 bits per heavy atom. The summed E-state index contributed by atoms with van der Waals surface area (Å²) in [6, 6.07) is 5.72. The van der Waals surface area contributed by atoms with E-state index in [9.17, 15) is 29.1 Å². The molecule has 3 amide bonds. The summed E-state index contributed by atoms with van der Waals surface area (Å²) in [7, 11) is 0. The number of nitrogens with one attached hydrogen (secondary N) is 3. The van der Waals surface area contributed by atoms with Crippen LogP contribution in [0.3, 0.4) is 0 Å². The lowest BCUT2D eigenvalue weighted by Gasteiger charge is -2.30. The summed E-state index contributed by atoms with van der Waals surface area (Å²) in [5, 5.41) is 26.6. The highest BCUT2D eigenvalue weighted by atomic mass is 16.4. The highest BCUT2D eigenvalue weighted by Crippen LogP contribution is 2.20. The second-order valence-corrected chi connectivity index (χ2v) is 8.92. The largest absolute Gasteiger partial charge is 0.481 e. The van der Waals surface area contributed by atoms with Crippen molar-refractivity contribution in [1.29, 1.82) is 0 Å². The Bertz CT molecular complexity index is 933. The summed E-state index contributed by atoms with van der Waals surface area (Å²) in [6.45, 7) is 1.03. The van der Waals surface area contributed by atoms with Crippen LogP contribution in [0.15, 0.2) is 30.3 Å². The molecule has 4 atom stereocenters. The van der Waals surface area contributed by atoms with Gasteiger partial charge in [0.2, 0.25) is 17.7 Å². The summed E-state index contributed by atoms with van der Waals surface area (Å²) < 4.78 is 0. The summed E-state index contributed by atoms with van der Waals surface area (Å²) >= 11 is 0. The average molecular weight is 489 g/mol. The number of carboxylic acid groups (broad SMARTS) is 2. The molecule has 1 aromatic rings. The van der Waals surface area contributed by atoms with Gasteiger partial charge in [0.1, 0.15) is 18.1 Å². The van der Waals surface area contributed by atoms with E-state index in [1.807, 2.05) is 30.3 Å². The molecule has 3 rings (SSSR count). The van der Waals surface area contributed by atoms with Crippen LogP contribution in [0.4, 0.5) is 0 Å². The lowest BCUT2D eigenvalue weighted by atomic mass is 10.0. The monoisotopic (exact) mass is 488 g/mol. The molecule has 0 aliphatic carbocycles. The molecule has 2 fully saturated rings. The molecule has 0 radical (unpaired) electrons. The molecule has 0 spiro atoms. The van der Waals surface area contributed by atoms with Crippen LogP contribution in [0.5, 0.6) is 0 Å². The normalized spacial score (nSPS) is 21.2. The number of benzene rings is 1. The molecule has 2 aliphatic heterocycles. The van der Waals surface area contributed by atoms with E-state index in [0.29, 0.717) is 25.8 Å². The van der Waals surface area contributed by atoms with Gasteiger partial charge < -0.3 is 31.1 Å². The molecular formula is C24H32N4O7. The van der Waals surface area contributed by atoms with Gasteiger partial charge in [0.05, 0.1) is 6.04 Å². The number of nitrogens with zero attached hydrogens (tertiary/aromatic N) is 1. The number of likely N-dealkylation sites (tertiary alicyclic amines) is 1. The lowest BCUT2D eigenvalue weighted by molar-refractivity contribution is -0.145. The third-order valence-corrected chi connectivity index (χ3v) is 6.37. The predicted octanol–water partition coefficient (Wildman–Crippen LogP) is -0.109. The molecule has 11 heteroatoms. The second kappa shape index (κ2) is 12.3. The van der Waals surface area contributed by atoms with Crippen LogP contribution in [-0.2, 0) is 30.4 Å². The number of hydrogen-bond acceptors (Lipinski definition) is 6. The number of carboxylic acids is 2. The average Bonchev–Trinajstić information content (AvgIpc) is 3.53. The van der Waals surface area contributed by atoms with E-state index in [-0.39, 0.29) is 24.8 Å². The maximum atomic E-state index is 13.6. The van der Waals surface area contributed by atoms with Gasteiger partial charge in [-0.1, -0.05) is 30.3 Å². The van der Waals surface area contributed by atoms with Gasteiger partial charge in [-0.25, -0.2) is 4.79 Å². The van der Waals surface area contributed by atoms with Crippen LogP contribution in [0.25, 0.3) is 0 Å². The molecule has 4 unspecified atom stereocenters. The Morgan fingerprint density at radius 3 is 2.31 bits per heavy atom. The molecule has 0 saturated carbocycles. The second-order valence-electron chi connectivity index (χ2n) is 8.92. The third kappa shape index (κ3) is 7.25. The quantitative estimate of drug-likeness (QED) is 0.288. The SMILES string of the molecule is O=C(O)CCC(NC(=O)C1CCCN1C(=O)C(Cc1ccccc1)NC(=O)C1CCCN1)C(=O)O. The minimum absolute atomic E-state index is 0.249. The minimum Gasteiger partial charge on any atom is -0.481 e. The fraction of sp³-hybridized carbons (Fsp3) is 0.542. The molecule has 5 N–H and O–H groups in total. The van der Waals surface area contributed by atoms with E-state index in [1.165, 1.54) is 4.90 Å². The molecule has 2 saturated heterocycles. The van der Waals surface area contributed by atoms with E-state index < -0.39 is 48.3 Å². The van der Waals surface area contributed by atoms with Gasteiger partial charge in [0.15, 0.2) is 0 Å². The molecule has 2 aliphatic rings. The van der Waals surface area contributed by atoms with Crippen molar-refractivity contribution in [3.63, 3.8) is 0 Å². The third-order valence-electron chi connectivity index (χ3n) is 6.37. The Balaban J connectivity index is 1.73. The van der Waals surface area contributed by atoms with Gasteiger partial charge in [-0.2, -0.15) is 0 Å². The van der Waals surface area contributed by atoms with Crippen molar-refractivity contribution in [2.75, 3.05) is 13.1 Å². The maximum Gasteiger partial charge on any atom is 0.326 e. The molecule has 2 heterocycles. The summed E-state index contributed by atoms with van der Waals surface area (Å²) in [5.74, 6) is -3.82. The Morgan fingerprint density at radius 2 is 1.69 bits per heavy atom. The smallest absolute Gasteiger partial charge is 0.326 e. The van der Waals surface area contributed by atoms with Gasteiger partial charge in [-0.15, -0.1) is 0 Å². The van der Waals surface area contributed by atoms with Crippen molar-refractivity contribution in [2.24, 2.45) is 0 Å². The number of carbonyl (C=O) groups is 5. The summed E-state index contributed by atoms with van der Waals surface area (Å²) in [4.78, 5) is 63.0. The van der Waals surface area contributed by atoms with E-state index in [2.05, 4.69) is 16.0 Å². The first-order chi connectivity index (χ1) is 16.8. The zero-order valence-corrected chi connectivity index (χ0v) is 19.4. The Labute approximate surface area is 203 Å². The zero-order valence-electron chi connectivity index (χ0n) is 19.4. The van der Waals surface area contributed by atoms with Gasteiger partial charge in [-0.3, -0.25) is 19.2 Å². The summed E-state index contributed by atoms with van der Waals surface area (Å²) in [6.07, 6.45) is 2.02. The van der Waals surface area contributed by atoms with Gasteiger partial charge in [0.25, 0.3) is 0 Å². The van der Waals surface area contributed by atoms with Crippen LogP contribution in [-0.4, -0.2) is 82.0 Å². The zero-order chi connectivity index (χ0) is 25.4. The molecule has 0 aromatic heterocycles. The molecule has 1 aromatic carbocycles. The number of rotatable bonds is 11. The van der Waals surface area contributed by atoms with Gasteiger partial charge >= 0.3 is 11.9 Å². The topological polar surface area (TPSA) is 165 Å². The first kappa shape index (κ1) is 26.1. The van der Waals surface area contributed by atoms with E-state index in [4.69, 9.17) is 5.11 Å². The van der Waals surface area contributed by atoms with Crippen LogP contribution in [0.1, 0.15) is 44.1 Å². The number of aliphatic carboxylic acids is 2. The van der Waals surface area contributed by atoms with Crippen molar-refractivity contribution in [3.05, 3.63) is 35.9 Å². The van der Waals surface area contributed by atoms with E-state index in [1.54, 1.807) is 0 Å². The minimum atomic E-state index is -1.37. The van der Waals surface area contributed by atoms with Crippen molar-refractivity contribution >= 4 is 29.7 Å². The number of carbonyl (C=O) groups excluding carboxylic acids is 3. The lowest BCUT2D eigenvalue weighted by Crippen LogP contribution is -2.57. The standard InChI is InChI=1S/C24H32N4O7/c29-20(30)11-10-17(24(34)35)26-22(32)19-9-5-13-28(19)23(33)18(14-15-6-2-1-3-7-15)27-21(31)16-8-4-12-25-16/h1-3,6-7,16-19,25H,4-5,8-14H2,(H,26,32)(H,27,31)(H,29,30)(H,34,35). The Hall–Kier alpha value is -3.47. The van der Waals surface area contributed by atoms with Crippen LogP contribution >= 0.6 is 0 Å². The van der Waals surface area contributed by atoms with Crippen molar-refractivity contribution in [2.45, 2.75) is 69.1 Å². The van der Waals surface area contributed by atoms with Crippen LogP contribution < -0.4 is 16.0 Å². The van der Waals surface area contributed by atoms with Crippen LogP contribution in [0.2, 0.25) is 0 Å². The Kier molecular flexibility index (Phi) is 9.18. The molecule has 190 valence electrons. The van der Waals surface area contributed by atoms with Crippen molar-refractivity contribution in [1.82, 2.24) is 20.9 Å². The molecule has 35 heavy (non-hydrogen) atoms. The van der Waals surface area contributed by atoms with E-state index >= 15 is 0 Å². The highest BCUT2D eigenvalue weighted by molar-refractivity contribution is 5.94. The number of amides is 3. The maximum absolute atomic E-state index is 13.6. The predicted molar refractivity (Wildman–Crippen MR) is 124 cm³/mol. The first-order valence-electron chi connectivity index (χ1n) is 11.9. The highest BCUT2D eigenvalue weighted by Gasteiger charge is 2.39. The van der Waals surface area contributed by atoms with Crippen LogP contribution in [0, 0.1) is 0 Å². The van der Waals surface area contributed by atoms with Gasteiger partial charge in [-0.05, 0) is 44.2 Å². The first-order valence-corrected chi connectivity index (χ1v) is 11.9. The molecule has 11 nitrogen and oxygen atoms in total. The van der Waals surface area contributed by atoms with E-state index in [0.717, 1.165) is 18.5 Å².